The van der Waals surface area contributed by atoms with Crippen molar-refractivity contribution in [2.45, 2.75) is 138 Å². The second-order valence-electron chi connectivity index (χ2n) is 21.5. The summed E-state index contributed by atoms with van der Waals surface area (Å²) in [6.07, 6.45) is 11.8. The van der Waals surface area contributed by atoms with Crippen LogP contribution in [0.5, 0.6) is 0 Å². The Morgan fingerprint density at radius 3 is 1.32 bits per heavy atom. The van der Waals surface area contributed by atoms with Crippen LogP contribution in [0.25, 0.3) is 44.7 Å². The van der Waals surface area contributed by atoms with E-state index in [2.05, 4.69) is 117 Å². The van der Waals surface area contributed by atoms with Crippen molar-refractivity contribution in [3.63, 3.8) is 0 Å². The maximum Gasteiger partial charge on any atom is 0.280 e. The van der Waals surface area contributed by atoms with E-state index in [0.717, 1.165) is 11.5 Å². The van der Waals surface area contributed by atoms with E-state index in [1.54, 1.807) is 31.6 Å². The third-order valence-corrected chi connectivity index (χ3v) is 10.6. The largest absolute Gasteiger partial charge is 0.382 e. The summed E-state index contributed by atoms with van der Waals surface area (Å²) in [7, 11) is 0. The zero-order chi connectivity index (χ0) is 53.5. The number of imidazole rings is 5. The Labute approximate surface area is 412 Å². The standard InChI is InChI=1S/2C9H13N5O.C9H13N5.C9H14N4O.C9H12N4O/c2*1-9(2,3)14-4-11-5-6(14)12-8(10)13-7(5)15;1-9(2,3)14-5-13-6-7(10)11-4-12-8(6)14;2*1-9(2,3)13-5-12-6-7(13)10-4-11-8(6)14/h2*4H,1-3H3,(H3,10,12,13,15);4-5H,1-3H3,(H2,10,11,12);4-5,8,14H,1-3H3,(H,10,11);4-5H,1-3H3,(H,10,11,14). The average molecular weight is 992 g/mol. The maximum atomic E-state index is 11.5. The Morgan fingerprint density at radius 1 is 0.486 bits per heavy atom. The Bertz CT molecular complexity index is 3460. The van der Waals surface area contributed by atoms with Gasteiger partial charge >= 0.3 is 0 Å². The van der Waals surface area contributed by atoms with E-state index in [0.29, 0.717) is 50.5 Å². The van der Waals surface area contributed by atoms with E-state index in [4.69, 9.17) is 17.2 Å². The van der Waals surface area contributed by atoms with E-state index >= 15 is 0 Å². The molecule has 0 bridgehead atoms. The number of nitrogens with two attached hydrogens (primary N) is 3. The van der Waals surface area contributed by atoms with Crippen molar-refractivity contribution in [2.75, 3.05) is 22.5 Å². The molecule has 0 aliphatic carbocycles. The van der Waals surface area contributed by atoms with Gasteiger partial charge in [0.15, 0.2) is 51.2 Å². The van der Waals surface area contributed by atoms with Gasteiger partial charge in [0.25, 0.3) is 16.7 Å². The number of hydrogen-bond donors (Lipinski definition) is 8. The highest BCUT2D eigenvalue weighted by atomic mass is 16.3. The number of nitrogens with one attached hydrogen (secondary N) is 4. The summed E-state index contributed by atoms with van der Waals surface area (Å²) in [6.45, 7) is 30.7. The van der Waals surface area contributed by atoms with Gasteiger partial charge in [-0.05, 0) is 104 Å². The number of aliphatic hydroxyl groups excluding tert-OH is 1. The van der Waals surface area contributed by atoms with Crippen LogP contribution < -0.4 is 39.2 Å². The lowest BCUT2D eigenvalue weighted by Gasteiger charge is -2.24. The lowest BCUT2D eigenvalue weighted by atomic mass is 10.1. The van der Waals surface area contributed by atoms with Gasteiger partial charge in [-0.1, -0.05) is 0 Å². The van der Waals surface area contributed by atoms with Crippen LogP contribution in [0.2, 0.25) is 0 Å². The first-order chi connectivity index (χ1) is 33.3. The van der Waals surface area contributed by atoms with Crippen molar-refractivity contribution < 1.29 is 5.11 Å². The van der Waals surface area contributed by atoms with Gasteiger partial charge < -0.3 is 55.4 Å². The fraction of sp³-hybridized carbons (Fsp3) is 0.467. The van der Waals surface area contributed by atoms with Gasteiger partial charge in [0.05, 0.1) is 44.3 Å². The average Bonchev–Trinajstić information content (AvgIpc) is 4.09. The molecule has 1 unspecified atom stereocenters. The summed E-state index contributed by atoms with van der Waals surface area (Å²) in [5.41, 5.74) is 20.0. The van der Waals surface area contributed by atoms with Crippen molar-refractivity contribution >= 4 is 74.5 Å². The number of hydrogen-bond acceptors (Lipinski definition) is 19. The number of H-pyrrole nitrogens is 3. The number of fused-ring (bicyclic) bond motifs is 5. The van der Waals surface area contributed by atoms with Crippen molar-refractivity contribution in [2.24, 2.45) is 4.99 Å². The molecule has 9 aromatic rings. The molecule has 27 nitrogen and oxygen atoms in total. The predicted octanol–water partition coefficient (Wildman–Crippen LogP) is 4.03. The summed E-state index contributed by atoms with van der Waals surface area (Å²) in [6, 6.07) is 0. The number of nitrogen functional groups attached to an aromatic ring is 3. The molecule has 0 radical (unpaired) electrons. The molecule has 0 saturated heterocycles. The van der Waals surface area contributed by atoms with Crippen LogP contribution >= 0.6 is 0 Å². The number of aromatic amines is 3. The van der Waals surface area contributed by atoms with Crippen molar-refractivity contribution in [3.05, 3.63) is 81.0 Å². The molecule has 1 aliphatic heterocycles. The van der Waals surface area contributed by atoms with Crippen molar-refractivity contribution in [1.29, 1.82) is 0 Å². The van der Waals surface area contributed by atoms with Crippen LogP contribution in [0.3, 0.4) is 0 Å². The minimum Gasteiger partial charge on any atom is -0.382 e. The van der Waals surface area contributed by atoms with Gasteiger partial charge in [0.1, 0.15) is 23.4 Å². The van der Waals surface area contributed by atoms with Crippen LogP contribution in [0.15, 0.2) is 63.7 Å². The Kier molecular flexibility index (Phi) is 14.3. The highest BCUT2D eigenvalue weighted by Gasteiger charge is 2.26. The molecule has 27 heteroatoms. The molecule has 1 atom stereocenters. The molecule has 0 saturated carbocycles. The van der Waals surface area contributed by atoms with Gasteiger partial charge in [-0.3, -0.25) is 24.4 Å². The molecule has 0 aromatic carbocycles. The lowest BCUT2D eigenvalue weighted by Crippen LogP contribution is -2.24. The number of rotatable bonds is 0. The number of aliphatic imine (C=N–C) groups is 1. The quantitative estimate of drug-likeness (QED) is 0.106. The van der Waals surface area contributed by atoms with Crippen LogP contribution in [0.1, 0.15) is 116 Å². The first kappa shape index (κ1) is 53.0. The zero-order valence-electron chi connectivity index (χ0n) is 43.3. The first-order valence-electron chi connectivity index (χ1n) is 22.6. The highest BCUT2D eigenvalue weighted by Crippen LogP contribution is 2.30. The minimum atomic E-state index is -0.838. The van der Waals surface area contributed by atoms with Crippen LogP contribution in [0.4, 0.5) is 23.5 Å². The number of nitrogens with zero attached hydrogens (tertiary/aromatic N) is 16. The Balaban J connectivity index is 0.000000147. The zero-order valence-corrected chi connectivity index (χ0v) is 43.3. The Hall–Kier alpha value is -8.36. The van der Waals surface area contributed by atoms with E-state index < -0.39 is 6.23 Å². The SMILES string of the molecule is CC(C)(C)n1cnc2c(=O)[nH]c(N)nc21.CC(C)(C)n1cnc2c(=O)[nH]c(N)nc21.CC(C)(C)n1cnc2c(=O)[nH]cnc21.CC(C)(C)n1cnc2c(N)ncnc21.CC(C)(C)n1cnc2c1NC=NC2O. The molecule has 1 aliphatic rings. The van der Waals surface area contributed by atoms with Crippen molar-refractivity contribution in [3.8, 4) is 0 Å². The molecule has 384 valence electrons. The topological polar surface area (TPSA) is 375 Å². The first-order valence-corrected chi connectivity index (χ1v) is 22.6. The fourth-order valence-electron chi connectivity index (χ4n) is 6.96. The third kappa shape index (κ3) is 11.5. The highest BCUT2D eigenvalue weighted by molar-refractivity contribution is 5.81. The molecule has 10 heterocycles. The maximum absolute atomic E-state index is 11.5. The van der Waals surface area contributed by atoms with Gasteiger partial charge in [0.2, 0.25) is 11.9 Å². The van der Waals surface area contributed by atoms with Crippen LogP contribution in [0, 0.1) is 0 Å². The van der Waals surface area contributed by atoms with E-state index in [1.807, 2.05) is 85.1 Å². The molecule has 10 rings (SSSR count). The lowest BCUT2D eigenvalue weighted by molar-refractivity contribution is 0.184. The second kappa shape index (κ2) is 19.4. The number of aliphatic hydroxyl groups is 1. The molecule has 72 heavy (non-hydrogen) atoms. The van der Waals surface area contributed by atoms with Crippen molar-refractivity contribution in [1.82, 2.24) is 87.6 Å². The van der Waals surface area contributed by atoms with E-state index in [1.165, 1.54) is 19.0 Å². The van der Waals surface area contributed by atoms with Gasteiger partial charge in [-0.2, -0.15) is 9.97 Å². The summed E-state index contributed by atoms with van der Waals surface area (Å²) < 4.78 is 9.51. The van der Waals surface area contributed by atoms with Gasteiger partial charge in [-0.25, -0.2) is 44.9 Å². The number of anilines is 4. The molecule has 11 N–H and O–H groups in total. The fourth-order valence-corrected chi connectivity index (χ4v) is 6.96. The molecule has 0 spiro atoms. The molecule has 9 aromatic heterocycles. The third-order valence-electron chi connectivity index (χ3n) is 10.6. The van der Waals surface area contributed by atoms with E-state index in [9.17, 15) is 19.5 Å². The second-order valence-corrected chi connectivity index (χ2v) is 21.5. The summed E-state index contributed by atoms with van der Waals surface area (Å²) in [5, 5.41) is 12.5. The van der Waals surface area contributed by atoms with Gasteiger partial charge in [0, 0.05) is 27.7 Å². The molecular formula is C45H65N23O4. The summed E-state index contributed by atoms with van der Waals surface area (Å²) >= 11 is 0. The molecule has 0 fully saturated rings. The molecule has 0 amide bonds. The predicted molar refractivity (Wildman–Crippen MR) is 277 cm³/mol. The van der Waals surface area contributed by atoms with Gasteiger partial charge in [-0.15, -0.1) is 0 Å². The minimum absolute atomic E-state index is 0.0461. The van der Waals surface area contributed by atoms with Crippen LogP contribution in [-0.2, 0) is 27.7 Å². The van der Waals surface area contributed by atoms with Crippen LogP contribution in [-0.4, -0.2) is 99.1 Å². The number of aromatic nitrogens is 18. The summed E-state index contributed by atoms with van der Waals surface area (Å²) in [5.74, 6) is 1.47. The normalized spacial score (nSPS) is 13.8. The summed E-state index contributed by atoms with van der Waals surface area (Å²) in [4.78, 5) is 86.2. The van der Waals surface area contributed by atoms with E-state index in [-0.39, 0.29) is 56.3 Å². The molecular weight excluding hydrogens is 927 g/mol. The smallest absolute Gasteiger partial charge is 0.280 e. The Morgan fingerprint density at radius 2 is 0.875 bits per heavy atom. The monoisotopic (exact) mass is 992 g/mol.